The fraction of sp³-hybridized carbons (Fsp3) is 0.280. The Hall–Kier alpha value is -1.91. The Balaban J connectivity index is 1.93. The molecular formula is C25H32Si2. The third-order valence-corrected chi connectivity index (χ3v) is 13.0. The highest BCUT2D eigenvalue weighted by molar-refractivity contribution is 6.93. The van der Waals surface area contributed by atoms with Gasteiger partial charge in [0.15, 0.2) is 0 Å². The van der Waals surface area contributed by atoms with E-state index in [0.717, 1.165) is 11.1 Å². The van der Waals surface area contributed by atoms with Gasteiger partial charge in [-0.05, 0) is 11.1 Å². The topological polar surface area (TPSA) is 0 Å². The van der Waals surface area contributed by atoms with E-state index in [2.05, 4.69) is 105 Å². The van der Waals surface area contributed by atoms with Crippen LogP contribution in [0.5, 0.6) is 0 Å². The predicted molar refractivity (Wildman–Crippen MR) is 126 cm³/mol. The van der Waals surface area contributed by atoms with Crippen molar-refractivity contribution >= 4 is 33.9 Å². The Morgan fingerprint density at radius 1 is 0.667 bits per heavy atom. The van der Waals surface area contributed by atoms with E-state index < -0.39 is 8.80 Å². The molecule has 0 saturated carbocycles. The quantitative estimate of drug-likeness (QED) is 0.491. The molecule has 0 aliphatic rings. The standard InChI is InChI=1S/C25H32Si2/c1-21(2)13-12-20-25(26-22-14-6-3-7-15-22)27(23-16-8-4-9-17-23)24-18-10-5-11-19-24/h3-11,14-19,21,25,27H,12-13,20,26H2,1-2H3. The maximum Gasteiger partial charge on any atom is 0.103 e. The maximum atomic E-state index is 2.39. The van der Waals surface area contributed by atoms with Crippen LogP contribution in [0.3, 0.4) is 0 Å². The Bertz CT molecular complexity index is 730. The largest absolute Gasteiger partial charge is 0.103 e. The average Bonchev–Trinajstić information content (AvgIpc) is 2.70. The van der Waals surface area contributed by atoms with Crippen LogP contribution in [0.4, 0.5) is 0 Å². The molecule has 0 nitrogen and oxygen atoms in total. The first-order valence-electron chi connectivity index (χ1n) is 10.4. The van der Waals surface area contributed by atoms with Crippen molar-refractivity contribution in [2.24, 2.45) is 5.92 Å². The zero-order chi connectivity index (χ0) is 18.9. The van der Waals surface area contributed by atoms with Crippen molar-refractivity contribution in [1.82, 2.24) is 0 Å². The molecule has 0 N–H and O–H groups in total. The first-order valence-corrected chi connectivity index (χ1v) is 13.7. The Kier molecular flexibility index (Phi) is 7.67. The molecule has 0 spiro atoms. The minimum absolute atomic E-state index is 0.316. The summed E-state index contributed by atoms with van der Waals surface area (Å²) in [5.74, 6) is 0.803. The van der Waals surface area contributed by atoms with E-state index >= 15 is 0 Å². The Labute approximate surface area is 169 Å². The van der Waals surface area contributed by atoms with Gasteiger partial charge in [0.2, 0.25) is 0 Å². The summed E-state index contributed by atoms with van der Waals surface area (Å²) in [5.41, 5.74) is 0. The molecule has 140 valence electrons. The third kappa shape index (κ3) is 6.05. The Morgan fingerprint density at radius 2 is 1.15 bits per heavy atom. The summed E-state index contributed by atoms with van der Waals surface area (Å²) in [6, 6.07) is 34.1. The molecule has 0 heterocycles. The normalized spacial score (nSPS) is 12.9. The highest BCUT2D eigenvalue weighted by Crippen LogP contribution is 2.20. The van der Waals surface area contributed by atoms with Gasteiger partial charge in [0.25, 0.3) is 0 Å². The molecule has 1 unspecified atom stereocenters. The molecule has 0 aliphatic carbocycles. The molecular weight excluding hydrogens is 356 g/mol. The summed E-state index contributed by atoms with van der Waals surface area (Å²) in [4.78, 5) is 0. The van der Waals surface area contributed by atoms with Gasteiger partial charge >= 0.3 is 0 Å². The van der Waals surface area contributed by atoms with E-state index in [0.29, 0.717) is 0 Å². The van der Waals surface area contributed by atoms with Crippen LogP contribution in [0, 0.1) is 5.92 Å². The van der Waals surface area contributed by atoms with Gasteiger partial charge in [-0.2, -0.15) is 0 Å². The average molecular weight is 389 g/mol. The van der Waals surface area contributed by atoms with Crippen LogP contribution in [-0.4, -0.2) is 18.3 Å². The molecule has 2 heteroatoms. The zero-order valence-electron chi connectivity index (χ0n) is 16.7. The molecule has 3 rings (SSSR count). The number of hydrogen-bond donors (Lipinski definition) is 0. The van der Waals surface area contributed by atoms with Crippen LogP contribution in [0.1, 0.15) is 33.1 Å². The second-order valence-electron chi connectivity index (χ2n) is 8.07. The van der Waals surface area contributed by atoms with Crippen LogP contribution in [0.25, 0.3) is 0 Å². The second kappa shape index (κ2) is 10.4. The summed E-state index contributed by atoms with van der Waals surface area (Å²) in [5, 5.41) is 5.73. The fourth-order valence-electron chi connectivity index (χ4n) is 4.15. The fourth-order valence-corrected chi connectivity index (χ4v) is 12.5. The Morgan fingerprint density at radius 3 is 1.63 bits per heavy atom. The van der Waals surface area contributed by atoms with Gasteiger partial charge in [-0.25, -0.2) is 0 Å². The summed E-state index contributed by atoms with van der Waals surface area (Å²) < 4.78 is 0. The van der Waals surface area contributed by atoms with Crippen molar-refractivity contribution in [3.63, 3.8) is 0 Å². The lowest BCUT2D eigenvalue weighted by Gasteiger charge is -2.27. The van der Waals surface area contributed by atoms with Crippen molar-refractivity contribution < 1.29 is 0 Å². The van der Waals surface area contributed by atoms with Crippen molar-refractivity contribution in [3.05, 3.63) is 91.0 Å². The van der Waals surface area contributed by atoms with E-state index in [-0.39, 0.29) is 9.52 Å². The van der Waals surface area contributed by atoms with Gasteiger partial charge in [0, 0.05) is 0 Å². The van der Waals surface area contributed by atoms with Crippen LogP contribution >= 0.6 is 0 Å². The van der Waals surface area contributed by atoms with Crippen molar-refractivity contribution in [1.29, 1.82) is 0 Å². The predicted octanol–water partition coefficient (Wildman–Crippen LogP) is 3.68. The van der Waals surface area contributed by atoms with Crippen LogP contribution in [0.15, 0.2) is 91.0 Å². The summed E-state index contributed by atoms with van der Waals surface area (Å²) in [6.45, 7) is 4.71. The molecule has 0 amide bonds. The lowest BCUT2D eigenvalue weighted by Crippen LogP contribution is -2.49. The monoisotopic (exact) mass is 388 g/mol. The summed E-state index contributed by atoms with van der Waals surface area (Å²) >= 11 is 0. The SMILES string of the molecule is CC(C)CCCC([SiH2]c1ccccc1)[SiH](c1ccccc1)c1ccccc1. The van der Waals surface area contributed by atoms with Crippen molar-refractivity contribution in [2.75, 3.05) is 0 Å². The molecule has 0 aromatic heterocycles. The zero-order valence-corrected chi connectivity index (χ0v) is 19.3. The highest BCUT2D eigenvalue weighted by Gasteiger charge is 2.27. The van der Waals surface area contributed by atoms with Gasteiger partial charge in [0.1, 0.15) is 8.80 Å². The molecule has 27 heavy (non-hydrogen) atoms. The van der Waals surface area contributed by atoms with Gasteiger partial charge in [-0.3, -0.25) is 0 Å². The molecule has 0 aliphatic heterocycles. The van der Waals surface area contributed by atoms with E-state index in [1.807, 2.05) is 0 Å². The van der Waals surface area contributed by atoms with Crippen LogP contribution in [-0.2, 0) is 0 Å². The van der Waals surface area contributed by atoms with E-state index in [9.17, 15) is 0 Å². The van der Waals surface area contributed by atoms with Crippen molar-refractivity contribution in [3.8, 4) is 0 Å². The molecule has 0 bridgehead atoms. The third-order valence-electron chi connectivity index (χ3n) is 5.49. The lowest BCUT2D eigenvalue weighted by molar-refractivity contribution is 0.544. The maximum absolute atomic E-state index is 2.39. The van der Waals surface area contributed by atoms with Gasteiger partial charge < -0.3 is 0 Å². The molecule has 1 atom stereocenters. The van der Waals surface area contributed by atoms with Gasteiger partial charge in [0.05, 0.1) is 9.52 Å². The summed E-state index contributed by atoms with van der Waals surface area (Å²) in [7, 11) is -1.55. The lowest BCUT2D eigenvalue weighted by atomic mass is 10.1. The number of rotatable bonds is 9. The second-order valence-corrected chi connectivity index (χ2v) is 14.5. The van der Waals surface area contributed by atoms with Crippen LogP contribution in [0.2, 0.25) is 5.16 Å². The number of hydrogen-bond acceptors (Lipinski definition) is 0. The molecule has 0 saturated heterocycles. The molecule has 3 aromatic rings. The smallest absolute Gasteiger partial charge is 0.0669 e. The summed E-state index contributed by atoms with van der Waals surface area (Å²) in [6.07, 6.45) is 4.11. The molecule has 0 radical (unpaired) electrons. The highest BCUT2D eigenvalue weighted by atomic mass is 28.3. The first kappa shape index (κ1) is 19.8. The van der Waals surface area contributed by atoms with Crippen LogP contribution < -0.4 is 15.6 Å². The van der Waals surface area contributed by atoms with E-state index in [1.54, 1.807) is 15.6 Å². The number of benzene rings is 3. The van der Waals surface area contributed by atoms with Crippen molar-refractivity contribution in [2.45, 2.75) is 38.3 Å². The molecule has 0 fully saturated rings. The minimum atomic E-state index is -1.24. The molecule has 3 aromatic carbocycles. The minimum Gasteiger partial charge on any atom is -0.0669 e. The van der Waals surface area contributed by atoms with E-state index in [1.165, 1.54) is 19.3 Å². The first-order chi connectivity index (χ1) is 13.2. The van der Waals surface area contributed by atoms with Gasteiger partial charge in [-0.1, -0.05) is 140 Å². The van der Waals surface area contributed by atoms with E-state index in [4.69, 9.17) is 0 Å². The van der Waals surface area contributed by atoms with Gasteiger partial charge in [-0.15, -0.1) is 0 Å².